The fourth-order valence-corrected chi connectivity index (χ4v) is 1.54. The minimum Gasteiger partial charge on any atom is -0.287 e. The van der Waals surface area contributed by atoms with Crippen molar-refractivity contribution in [2.24, 2.45) is 0 Å². The topological polar surface area (TPSA) is 42.9 Å². The predicted octanol–water partition coefficient (Wildman–Crippen LogP) is 1.91. The quantitative estimate of drug-likeness (QED) is 0.708. The van der Waals surface area contributed by atoms with Crippen molar-refractivity contribution in [3.63, 3.8) is 0 Å². The Morgan fingerprint density at radius 1 is 1.43 bits per heavy atom. The normalized spacial score (nSPS) is 10.1. The van der Waals surface area contributed by atoms with Crippen LogP contribution < -0.4 is 0 Å². The number of aromatic nitrogens is 2. The third kappa shape index (κ3) is 1.67. The highest BCUT2D eigenvalue weighted by atomic mass is 32.1. The third-order valence-corrected chi connectivity index (χ3v) is 2.22. The molecule has 0 radical (unpaired) electrons. The summed E-state index contributed by atoms with van der Waals surface area (Å²) in [5, 5.41) is 1.62. The second-order valence-corrected chi connectivity index (χ2v) is 3.31. The van der Waals surface area contributed by atoms with Crippen molar-refractivity contribution in [2.75, 3.05) is 0 Å². The van der Waals surface area contributed by atoms with Gasteiger partial charge in [-0.15, -0.1) is 11.3 Å². The van der Waals surface area contributed by atoms with Crippen LogP contribution in [0, 0.1) is 5.82 Å². The minimum absolute atomic E-state index is 0.218. The molecule has 14 heavy (non-hydrogen) atoms. The summed E-state index contributed by atoms with van der Waals surface area (Å²) >= 11 is 1.32. The van der Waals surface area contributed by atoms with Crippen molar-refractivity contribution in [3.8, 4) is 0 Å². The number of hydrogen-bond acceptors (Lipinski definition) is 4. The highest BCUT2D eigenvalue weighted by Gasteiger charge is 2.11. The zero-order valence-corrected chi connectivity index (χ0v) is 7.79. The molecular weight excluding hydrogens is 203 g/mol. The average molecular weight is 208 g/mol. The molecule has 0 aliphatic heterocycles. The number of carbonyl (C=O) groups is 1. The van der Waals surface area contributed by atoms with E-state index in [0.29, 0.717) is 5.69 Å². The van der Waals surface area contributed by atoms with Crippen molar-refractivity contribution < 1.29 is 9.18 Å². The van der Waals surface area contributed by atoms with Crippen LogP contribution in [0.2, 0.25) is 0 Å². The van der Waals surface area contributed by atoms with Crippen molar-refractivity contribution in [2.45, 2.75) is 0 Å². The summed E-state index contributed by atoms with van der Waals surface area (Å²) in [4.78, 5) is 19.0. The fraction of sp³-hybridized carbons (Fsp3) is 0. The lowest BCUT2D eigenvalue weighted by Gasteiger charge is -1.95. The van der Waals surface area contributed by atoms with Crippen LogP contribution in [-0.2, 0) is 0 Å². The van der Waals surface area contributed by atoms with E-state index in [1.54, 1.807) is 10.9 Å². The highest BCUT2D eigenvalue weighted by molar-refractivity contribution is 7.07. The second kappa shape index (κ2) is 3.63. The van der Waals surface area contributed by atoms with E-state index >= 15 is 0 Å². The molecule has 2 aromatic heterocycles. The van der Waals surface area contributed by atoms with Gasteiger partial charge in [-0.25, -0.2) is 9.37 Å². The molecule has 70 valence electrons. The molecule has 0 aromatic carbocycles. The number of halogens is 1. The molecule has 0 unspecified atom stereocenters. The summed E-state index contributed by atoms with van der Waals surface area (Å²) < 4.78 is 12.7. The molecule has 0 amide bonds. The van der Waals surface area contributed by atoms with Gasteiger partial charge in [-0.3, -0.25) is 9.78 Å². The Kier molecular flexibility index (Phi) is 2.32. The van der Waals surface area contributed by atoms with Crippen molar-refractivity contribution >= 4 is 17.1 Å². The van der Waals surface area contributed by atoms with Crippen LogP contribution in [0.4, 0.5) is 4.39 Å². The van der Waals surface area contributed by atoms with Gasteiger partial charge in [0.1, 0.15) is 11.5 Å². The van der Waals surface area contributed by atoms with E-state index in [2.05, 4.69) is 9.97 Å². The van der Waals surface area contributed by atoms with Crippen LogP contribution in [0.1, 0.15) is 16.1 Å². The maximum Gasteiger partial charge on any atom is 0.213 e. The molecule has 2 aromatic rings. The minimum atomic E-state index is -0.522. The standard InChI is InChI=1S/C9H5FN2OS/c10-7-1-6(2-11-3-7)9(13)8-4-14-5-12-8/h1-5H. The maximum absolute atomic E-state index is 12.7. The van der Waals surface area contributed by atoms with Crippen LogP contribution in [-0.4, -0.2) is 15.8 Å². The van der Waals surface area contributed by atoms with Gasteiger partial charge >= 0.3 is 0 Å². The zero-order chi connectivity index (χ0) is 9.97. The van der Waals surface area contributed by atoms with Crippen LogP contribution >= 0.6 is 11.3 Å². The number of carbonyl (C=O) groups excluding carboxylic acids is 1. The number of nitrogens with zero attached hydrogens (tertiary/aromatic N) is 2. The number of ketones is 1. The number of rotatable bonds is 2. The van der Waals surface area contributed by atoms with Gasteiger partial charge < -0.3 is 0 Å². The molecule has 0 saturated carbocycles. The first-order chi connectivity index (χ1) is 6.77. The predicted molar refractivity (Wildman–Crippen MR) is 49.7 cm³/mol. The van der Waals surface area contributed by atoms with Gasteiger partial charge in [-0.2, -0.15) is 0 Å². The lowest BCUT2D eigenvalue weighted by atomic mass is 10.1. The smallest absolute Gasteiger partial charge is 0.213 e. The molecule has 2 rings (SSSR count). The van der Waals surface area contributed by atoms with Gasteiger partial charge in [0.2, 0.25) is 5.78 Å². The lowest BCUT2D eigenvalue weighted by Crippen LogP contribution is -2.02. The van der Waals surface area contributed by atoms with Crippen LogP contribution in [0.15, 0.2) is 29.4 Å². The van der Waals surface area contributed by atoms with Crippen molar-refractivity contribution in [1.82, 2.24) is 9.97 Å². The molecule has 3 nitrogen and oxygen atoms in total. The number of pyridine rings is 1. The molecule has 0 N–H and O–H groups in total. The largest absolute Gasteiger partial charge is 0.287 e. The molecule has 2 heterocycles. The van der Waals surface area contributed by atoms with E-state index < -0.39 is 5.82 Å². The third-order valence-electron chi connectivity index (χ3n) is 1.63. The molecule has 0 spiro atoms. The SMILES string of the molecule is O=C(c1cncc(F)c1)c1cscn1. The Morgan fingerprint density at radius 3 is 2.93 bits per heavy atom. The first-order valence-electron chi connectivity index (χ1n) is 3.81. The Morgan fingerprint density at radius 2 is 2.29 bits per heavy atom. The Labute approximate surface area is 83.3 Å². The van der Waals surface area contributed by atoms with E-state index in [9.17, 15) is 9.18 Å². The highest BCUT2D eigenvalue weighted by Crippen LogP contribution is 2.09. The fourth-order valence-electron chi connectivity index (χ4n) is 1.01. The van der Waals surface area contributed by atoms with E-state index in [0.717, 1.165) is 12.3 Å². The zero-order valence-electron chi connectivity index (χ0n) is 6.98. The van der Waals surface area contributed by atoms with E-state index in [1.807, 2.05) is 0 Å². The average Bonchev–Trinajstić information content (AvgIpc) is 2.69. The molecule has 0 saturated heterocycles. The molecule has 0 bridgehead atoms. The van der Waals surface area contributed by atoms with Gasteiger partial charge in [0.05, 0.1) is 11.7 Å². The number of thiazole rings is 1. The van der Waals surface area contributed by atoms with Gasteiger partial charge in [-0.1, -0.05) is 0 Å². The Balaban J connectivity index is 2.37. The molecule has 5 heteroatoms. The first-order valence-corrected chi connectivity index (χ1v) is 4.75. The molecule has 0 aliphatic rings. The summed E-state index contributed by atoms with van der Waals surface area (Å²) in [5.74, 6) is -0.829. The van der Waals surface area contributed by atoms with Gasteiger partial charge in [0, 0.05) is 17.1 Å². The van der Waals surface area contributed by atoms with Crippen LogP contribution in [0.25, 0.3) is 0 Å². The molecule has 0 fully saturated rings. The van der Waals surface area contributed by atoms with Crippen molar-refractivity contribution in [3.05, 3.63) is 46.4 Å². The van der Waals surface area contributed by atoms with E-state index in [-0.39, 0.29) is 11.3 Å². The first kappa shape index (κ1) is 8.96. The lowest BCUT2D eigenvalue weighted by molar-refractivity contribution is 0.103. The van der Waals surface area contributed by atoms with Crippen molar-refractivity contribution in [1.29, 1.82) is 0 Å². The Hall–Kier alpha value is -1.62. The van der Waals surface area contributed by atoms with Gasteiger partial charge in [-0.05, 0) is 6.07 Å². The van der Waals surface area contributed by atoms with Gasteiger partial charge in [0.25, 0.3) is 0 Å². The summed E-state index contributed by atoms with van der Waals surface area (Å²) in [5.41, 5.74) is 2.10. The molecule has 0 aliphatic carbocycles. The Bertz CT molecular complexity index is 456. The summed E-state index contributed by atoms with van der Waals surface area (Å²) in [6.45, 7) is 0. The second-order valence-electron chi connectivity index (χ2n) is 2.59. The maximum atomic E-state index is 12.7. The monoisotopic (exact) mass is 208 g/mol. The van der Waals surface area contributed by atoms with Crippen LogP contribution in [0.3, 0.4) is 0 Å². The van der Waals surface area contributed by atoms with Gasteiger partial charge in [0.15, 0.2) is 0 Å². The van der Waals surface area contributed by atoms with E-state index in [1.165, 1.54) is 17.5 Å². The van der Waals surface area contributed by atoms with E-state index in [4.69, 9.17) is 0 Å². The summed E-state index contributed by atoms with van der Waals surface area (Å²) in [6.07, 6.45) is 2.38. The summed E-state index contributed by atoms with van der Waals surface area (Å²) in [6, 6.07) is 1.15. The molecule has 0 atom stereocenters. The molecular formula is C9H5FN2OS. The summed E-state index contributed by atoms with van der Waals surface area (Å²) in [7, 11) is 0. The number of hydrogen-bond donors (Lipinski definition) is 0. The van der Waals surface area contributed by atoms with Crippen LogP contribution in [0.5, 0.6) is 0 Å².